The summed E-state index contributed by atoms with van der Waals surface area (Å²) in [7, 11) is 0. The van der Waals surface area contributed by atoms with E-state index >= 15 is 0 Å². The van der Waals surface area contributed by atoms with E-state index in [0.29, 0.717) is 0 Å². The smallest absolute Gasteiger partial charge is 0.162 e. The molecule has 1 aliphatic heterocycles. The van der Waals surface area contributed by atoms with Crippen LogP contribution in [0.4, 0.5) is 5.69 Å². The Morgan fingerprint density at radius 3 is 2.65 bits per heavy atom. The summed E-state index contributed by atoms with van der Waals surface area (Å²) in [6, 6.07) is 17.2. The highest BCUT2D eigenvalue weighted by Crippen LogP contribution is 2.29. The molecule has 0 aliphatic carbocycles. The molecule has 31 heavy (non-hydrogen) atoms. The van der Waals surface area contributed by atoms with Crippen molar-refractivity contribution in [2.45, 2.75) is 11.8 Å². The van der Waals surface area contributed by atoms with E-state index in [0.717, 1.165) is 60.6 Å². The first-order valence-electron chi connectivity index (χ1n) is 10.7. The number of piperazine rings is 1. The van der Waals surface area contributed by atoms with E-state index < -0.39 is 0 Å². The predicted molar refractivity (Wildman–Crippen MR) is 128 cm³/mol. The lowest BCUT2D eigenvalue weighted by Gasteiger charge is -2.29. The normalized spacial score (nSPS) is 14.3. The van der Waals surface area contributed by atoms with Gasteiger partial charge in [0.05, 0.1) is 6.20 Å². The van der Waals surface area contributed by atoms with Crippen molar-refractivity contribution in [2.24, 2.45) is 0 Å². The Hall–Kier alpha value is -2.87. The maximum absolute atomic E-state index is 4.76. The number of fused-ring (bicyclic) bond motifs is 1. The van der Waals surface area contributed by atoms with E-state index in [1.165, 1.54) is 10.6 Å². The monoisotopic (exact) mass is 430 g/mol. The van der Waals surface area contributed by atoms with Crippen molar-refractivity contribution >= 4 is 23.3 Å². The van der Waals surface area contributed by atoms with Crippen LogP contribution in [0.15, 0.2) is 72.0 Å². The van der Waals surface area contributed by atoms with Crippen molar-refractivity contribution in [1.29, 1.82) is 0 Å². The molecule has 2 aromatic heterocycles. The van der Waals surface area contributed by atoms with Gasteiger partial charge in [-0.1, -0.05) is 31.2 Å². The number of benzene rings is 2. The van der Waals surface area contributed by atoms with Crippen LogP contribution in [0.2, 0.25) is 0 Å². The topological polar surface area (TPSA) is 57.5 Å². The highest BCUT2D eigenvalue weighted by atomic mass is 32.2. The van der Waals surface area contributed by atoms with E-state index in [9.17, 15) is 0 Å². The van der Waals surface area contributed by atoms with Gasteiger partial charge in [0.15, 0.2) is 5.65 Å². The Bertz CT molecular complexity index is 1160. The van der Waals surface area contributed by atoms with Gasteiger partial charge in [0.25, 0.3) is 0 Å². The third kappa shape index (κ3) is 4.30. The van der Waals surface area contributed by atoms with Crippen molar-refractivity contribution in [2.75, 3.05) is 37.6 Å². The van der Waals surface area contributed by atoms with Gasteiger partial charge in [0.1, 0.15) is 0 Å². The number of anilines is 1. The Labute approximate surface area is 186 Å². The minimum Gasteiger partial charge on any atom is -0.369 e. The van der Waals surface area contributed by atoms with Crippen LogP contribution < -0.4 is 14.9 Å². The van der Waals surface area contributed by atoms with Crippen molar-refractivity contribution < 1.29 is 0 Å². The first kappa shape index (κ1) is 20.1. The van der Waals surface area contributed by atoms with Crippen molar-refractivity contribution in [1.82, 2.24) is 24.6 Å². The van der Waals surface area contributed by atoms with Crippen LogP contribution in [0.1, 0.15) is 6.92 Å². The Morgan fingerprint density at radius 2 is 1.84 bits per heavy atom. The number of nitrogens with one attached hydrogen (secondary N) is 2. The molecular weight excluding hydrogens is 404 g/mol. The second-order valence-electron chi connectivity index (χ2n) is 7.58. The standard InChI is InChI=1S/C24H26N6S/c1-2-28-31-22-5-3-4-19(14-22)23-16-27-30-17-20(15-26-24(23)30)18-6-8-21(9-7-18)29-12-10-25-11-13-29/h3-9,14-17,25,28H,2,10-13H2,1H3. The molecule has 4 aromatic rings. The van der Waals surface area contributed by atoms with Crippen LogP contribution in [-0.4, -0.2) is 47.3 Å². The van der Waals surface area contributed by atoms with Crippen LogP contribution in [0.3, 0.4) is 0 Å². The molecule has 0 unspecified atom stereocenters. The molecule has 2 aromatic carbocycles. The minimum atomic E-state index is 0.867. The maximum atomic E-state index is 4.76. The molecule has 0 amide bonds. The van der Waals surface area contributed by atoms with Crippen molar-refractivity contribution in [3.63, 3.8) is 0 Å². The summed E-state index contributed by atoms with van der Waals surface area (Å²) in [5.74, 6) is 0. The summed E-state index contributed by atoms with van der Waals surface area (Å²) in [4.78, 5) is 8.36. The second kappa shape index (κ2) is 9.09. The lowest BCUT2D eigenvalue weighted by Crippen LogP contribution is -2.43. The van der Waals surface area contributed by atoms with Crippen LogP contribution in [0.5, 0.6) is 0 Å². The van der Waals surface area contributed by atoms with E-state index in [4.69, 9.17) is 4.98 Å². The van der Waals surface area contributed by atoms with Gasteiger partial charge in [-0.3, -0.25) is 4.72 Å². The van der Waals surface area contributed by atoms with Crippen LogP contribution in [0, 0.1) is 0 Å². The predicted octanol–water partition coefficient (Wildman–Crippen LogP) is 4.09. The highest BCUT2D eigenvalue weighted by Gasteiger charge is 2.12. The van der Waals surface area contributed by atoms with Crippen molar-refractivity contribution in [3.8, 4) is 22.3 Å². The van der Waals surface area contributed by atoms with Gasteiger partial charge < -0.3 is 10.2 Å². The molecule has 1 aliphatic rings. The summed E-state index contributed by atoms with van der Waals surface area (Å²) < 4.78 is 5.17. The fraction of sp³-hybridized carbons (Fsp3) is 0.250. The average Bonchev–Trinajstić information content (AvgIpc) is 3.27. The molecule has 0 spiro atoms. The zero-order chi connectivity index (χ0) is 21.0. The van der Waals surface area contributed by atoms with E-state index in [1.54, 1.807) is 11.9 Å². The minimum absolute atomic E-state index is 0.867. The van der Waals surface area contributed by atoms with E-state index in [1.807, 2.05) is 16.9 Å². The maximum Gasteiger partial charge on any atom is 0.162 e. The number of hydrogen-bond donors (Lipinski definition) is 2. The van der Waals surface area contributed by atoms with Crippen LogP contribution in [0.25, 0.3) is 27.9 Å². The molecule has 3 heterocycles. The van der Waals surface area contributed by atoms with E-state index in [2.05, 4.69) is 81.7 Å². The molecule has 2 N–H and O–H groups in total. The van der Waals surface area contributed by atoms with Crippen molar-refractivity contribution in [3.05, 3.63) is 67.1 Å². The molecule has 0 atom stereocenters. The summed E-state index contributed by atoms with van der Waals surface area (Å²) in [6.45, 7) is 7.21. The molecule has 5 rings (SSSR count). The molecular formula is C24H26N6S. The summed E-state index contributed by atoms with van der Waals surface area (Å²) in [5, 5.41) is 7.98. The van der Waals surface area contributed by atoms with Gasteiger partial charge in [-0.05, 0) is 47.3 Å². The molecule has 158 valence electrons. The van der Waals surface area contributed by atoms with Crippen LogP contribution in [-0.2, 0) is 0 Å². The lowest BCUT2D eigenvalue weighted by molar-refractivity contribution is 0.589. The highest BCUT2D eigenvalue weighted by molar-refractivity contribution is 7.97. The third-order valence-electron chi connectivity index (χ3n) is 5.52. The summed E-state index contributed by atoms with van der Waals surface area (Å²) in [6.07, 6.45) is 5.90. The third-order valence-corrected chi connectivity index (χ3v) is 6.44. The lowest BCUT2D eigenvalue weighted by atomic mass is 10.1. The summed E-state index contributed by atoms with van der Waals surface area (Å²) in [5.41, 5.74) is 6.51. The van der Waals surface area contributed by atoms with E-state index in [-0.39, 0.29) is 0 Å². The number of hydrogen-bond acceptors (Lipinski definition) is 6. The number of nitrogens with zero attached hydrogens (tertiary/aromatic N) is 4. The average molecular weight is 431 g/mol. The molecule has 0 saturated carbocycles. The number of aromatic nitrogens is 3. The summed E-state index contributed by atoms with van der Waals surface area (Å²) >= 11 is 1.64. The second-order valence-corrected chi connectivity index (χ2v) is 8.54. The number of rotatable bonds is 6. The largest absolute Gasteiger partial charge is 0.369 e. The van der Waals surface area contributed by atoms with Crippen LogP contribution >= 0.6 is 11.9 Å². The molecule has 1 fully saturated rings. The van der Waals surface area contributed by atoms with Gasteiger partial charge >= 0.3 is 0 Å². The zero-order valence-corrected chi connectivity index (χ0v) is 18.4. The van der Waals surface area contributed by atoms with Gasteiger partial charge in [-0.2, -0.15) is 5.10 Å². The first-order chi connectivity index (χ1) is 15.3. The Kier molecular flexibility index (Phi) is 5.88. The first-order valence-corrected chi connectivity index (χ1v) is 11.5. The van der Waals surface area contributed by atoms with Gasteiger partial charge in [-0.15, -0.1) is 0 Å². The molecule has 7 heteroatoms. The zero-order valence-electron chi connectivity index (χ0n) is 17.6. The quantitative estimate of drug-likeness (QED) is 0.450. The Morgan fingerprint density at radius 1 is 1.00 bits per heavy atom. The van der Waals surface area contributed by atoms with Gasteiger partial charge in [-0.25, -0.2) is 9.50 Å². The van der Waals surface area contributed by atoms with Gasteiger partial charge in [0, 0.05) is 66.8 Å². The molecule has 0 bridgehead atoms. The molecule has 1 saturated heterocycles. The van der Waals surface area contributed by atoms with Gasteiger partial charge in [0.2, 0.25) is 0 Å². The molecule has 6 nitrogen and oxygen atoms in total. The fourth-order valence-corrected chi connectivity index (χ4v) is 4.54. The fourth-order valence-electron chi connectivity index (χ4n) is 3.90. The Balaban J connectivity index is 1.40. The molecule has 0 radical (unpaired) electrons. The SMILES string of the molecule is CCNSc1cccc(-c2cnn3cc(-c4ccc(N5CCNCC5)cc4)cnc23)c1.